The third-order valence-electron chi connectivity index (χ3n) is 3.30. The lowest BCUT2D eigenvalue weighted by Crippen LogP contribution is -2.25. The van der Waals surface area contributed by atoms with Crippen LogP contribution in [0.4, 0.5) is 0 Å². The summed E-state index contributed by atoms with van der Waals surface area (Å²) < 4.78 is 12.7. The molecule has 8 heteroatoms. The number of aliphatic carboxylic acids is 1. The van der Waals surface area contributed by atoms with Crippen LogP contribution in [0.2, 0.25) is 0 Å². The Morgan fingerprint density at radius 1 is 1.35 bits per heavy atom. The highest BCUT2D eigenvalue weighted by Gasteiger charge is 2.36. The normalized spacial score (nSPS) is 13.6. The number of aromatic nitrogens is 2. The van der Waals surface area contributed by atoms with Crippen molar-refractivity contribution in [2.75, 3.05) is 0 Å². The number of rotatable bonds is 4. The van der Waals surface area contributed by atoms with Crippen LogP contribution < -0.4 is 0 Å². The lowest BCUT2D eigenvalue weighted by molar-refractivity contribution is -0.137. The first-order chi connectivity index (χ1) is 9.20. The summed E-state index contributed by atoms with van der Waals surface area (Å²) in [5.74, 6) is -1.52. The van der Waals surface area contributed by atoms with E-state index in [1.807, 2.05) is 26.0 Å². The van der Waals surface area contributed by atoms with E-state index in [-0.39, 0.29) is 6.54 Å². The summed E-state index contributed by atoms with van der Waals surface area (Å²) in [6.45, 7) is 3.52. The van der Waals surface area contributed by atoms with Gasteiger partial charge in [-0.3, -0.25) is 9.36 Å². The second-order valence-corrected chi connectivity index (χ2v) is 6.57. The van der Waals surface area contributed by atoms with Crippen molar-refractivity contribution in [1.29, 1.82) is 0 Å². The molecule has 1 heterocycles. The Labute approximate surface area is 115 Å². The van der Waals surface area contributed by atoms with Gasteiger partial charge < -0.3 is 19.5 Å². The van der Waals surface area contributed by atoms with Crippen molar-refractivity contribution in [3.05, 3.63) is 29.6 Å². The van der Waals surface area contributed by atoms with E-state index < -0.39 is 19.2 Å². The van der Waals surface area contributed by atoms with E-state index in [1.54, 1.807) is 0 Å². The predicted molar refractivity (Wildman–Crippen MR) is 72.7 cm³/mol. The Hall–Kier alpha value is -1.69. The van der Waals surface area contributed by atoms with Gasteiger partial charge >= 0.3 is 13.6 Å². The topological polar surface area (TPSA) is 113 Å². The average molecular weight is 298 g/mol. The fourth-order valence-electron chi connectivity index (χ4n) is 1.97. The predicted octanol–water partition coefficient (Wildman–Crippen LogP) is 1.28. The monoisotopic (exact) mass is 298 g/mol. The SMILES string of the molecule is Cc1cc2ncn(CC(C(=O)O)P(=O)(O)O)c2cc1C. The molecule has 2 rings (SSSR count). The molecular formula is C12H15N2O5P. The van der Waals surface area contributed by atoms with Gasteiger partial charge in [0.15, 0.2) is 5.66 Å². The lowest BCUT2D eigenvalue weighted by atomic mass is 10.1. The van der Waals surface area contributed by atoms with Crippen LogP contribution in [0.1, 0.15) is 11.1 Å². The maximum atomic E-state index is 11.2. The molecule has 0 saturated carbocycles. The van der Waals surface area contributed by atoms with Crippen molar-refractivity contribution in [3.8, 4) is 0 Å². The first-order valence-electron chi connectivity index (χ1n) is 5.90. The molecule has 0 aliphatic carbocycles. The number of imidazole rings is 1. The van der Waals surface area contributed by atoms with Gasteiger partial charge in [0.1, 0.15) is 0 Å². The van der Waals surface area contributed by atoms with E-state index in [0.29, 0.717) is 11.0 Å². The molecular weight excluding hydrogens is 283 g/mol. The Morgan fingerprint density at radius 2 is 1.95 bits per heavy atom. The first kappa shape index (κ1) is 14.7. The summed E-state index contributed by atoms with van der Waals surface area (Å²) in [4.78, 5) is 33.4. The highest BCUT2D eigenvalue weighted by atomic mass is 31.2. The zero-order chi connectivity index (χ0) is 15.1. The standard InChI is InChI=1S/C12H15N2O5P/c1-7-3-9-10(4-8(7)2)14(6-13-9)5-11(12(15)16)20(17,18)19/h3-4,6,11H,5H2,1-2H3,(H,15,16)(H2,17,18,19). The minimum absolute atomic E-state index is 0.321. The highest BCUT2D eigenvalue weighted by molar-refractivity contribution is 7.53. The third kappa shape index (κ3) is 2.75. The van der Waals surface area contributed by atoms with Crippen LogP contribution in [0.3, 0.4) is 0 Å². The second kappa shape index (κ2) is 5.01. The molecule has 2 aromatic rings. The Kier molecular flexibility index (Phi) is 3.69. The van der Waals surface area contributed by atoms with Crippen molar-refractivity contribution in [2.45, 2.75) is 26.1 Å². The summed E-state index contributed by atoms with van der Waals surface area (Å²) in [6, 6.07) is 3.69. The summed E-state index contributed by atoms with van der Waals surface area (Å²) in [7, 11) is -4.72. The van der Waals surface area contributed by atoms with Gasteiger partial charge in [-0.15, -0.1) is 0 Å². The smallest absolute Gasteiger partial charge is 0.341 e. The van der Waals surface area contributed by atoms with Crippen LogP contribution >= 0.6 is 7.60 Å². The Morgan fingerprint density at radius 3 is 2.50 bits per heavy atom. The number of nitrogens with zero attached hydrogens (tertiary/aromatic N) is 2. The Bertz CT molecular complexity index is 718. The van der Waals surface area contributed by atoms with Gasteiger partial charge in [0.2, 0.25) is 0 Å². The molecule has 0 aliphatic heterocycles. The molecule has 0 saturated heterocycles. The van der Waals surface area contributed by atoms with Gasteiger partial charge in [0.25, 0.3) is 0 Å². The average Bonchev–Trinajstić information content (AvgIpc) is 2.67. The zero-order valence-corrected chi connectivity index (χ0v) is 11.9. The van der Waals surface area contributed by atoms with Crippen molar-refractivity contribution in [1.82, 2.24) is 9.55 Å². The van der Waals surface area contributed by atoms with E-state index in [9.17, 15) is 9.36 Å². The quantitative estimate of drug-likeness (QED) is 0.733. The molecule has 0 radical (unpaired) electrons. The zero-order valence-electron chi connectivity index (χ0n) is 11.0. The number of carboxylic acids is 1. The number of hydrogen-bond acceptors (Lipinski definition) is 3. The molecule has 0 amide bonds. The Balaban J connectivity index is 2.46. The van der Waals surface area contributed by atoms with E-state index in [4.69, 9.17) is 14.9 Å². The summed E-state index contributed by atoms with van der Waals surface area (Å²) in [5, 5.41) is 8.95. The molecule has 1 aromatic heterocycles. The number of aryl methyl sites for hydroxylation is 2. The summed E-state index contributed by atoms with van der Waals surface area (Å²) in [5.41, 5.74) is 1.60. The molecule has 0 spiro atoms. The number of benzene rings is 1. The van der Waals surface area contributed by atoms with E-state index >= 15 is 0 Å². The summed E-state index contributed by atoms with van der Waals surface area (Å²) in [6.07, 6.45) is 1.40. The van der Waals surface area contributed by atoms with Crippen molar-refractivity contribution in [2.24, 2.45) is 0 Å². The molecule has 108 valence electrons. The van der Waals surface area contributed by atoms with Crippen LogP contribution in [-0.4, -0.2) is 36.1 Å². The van der Waals surface area contributed by atoms with Crippen LogP contribution in [0.15, 0.2) is 18.5 Å². The van der Waals surface area contributed by atoms with Gasteiger partial charge in [0, 0.05) is 6.54 Å². The van der Waals surface area contributed by atoms with Crippen LogP contribution in [0, 0.1) is 13.8 Å². The molecule has 1 aromatic carbocycles. The van der Waals surface area contributed by atoms with Crippen molar-refractivity contribution in [3.63, 3.8) is 0 Å². The highest BCUT2D eigenvalue weighted by Crippen LogP contribution is 2.42. The number of carbonyl (C=O) groups is 1. The van der Waals surface area contributed by atoms with Crippen LogP contribution in [0.25, 0.3) is 11.0 Å². The van der Waals surface area contributed by atoms with E-state index in [0.717, 1.165) is 11.1 Å². The molecule has 1 atom stereocenters. The number of fused-ring (bicyclic) bond motifs is 1. The minimum atomic E-state index is -4.72. The number of carboxylic acid groups (broad SMARTS) is 1. The fraction of sp³-hybridized carbons (Fsp3) is 0.333. The van der Waals surface area contributed by atoms with Crippen LogP contribution in [0.5, 0.6) is 0 Å². The largest absolute Gasteiger partial charge is 0.481 e. The van der Waals surface area contributed by atoms with Crippen molar-refractivity contribution >= 4 is 24.6 Å². The molecule has 7 nitrogen and oxygen atoms in total. The van der Waals surface area contributed by atoms with E-state index in [1.165, 1.54) is 10.9 Å². The minimum Gasteiger partial charge on any atom is -0.481 e. The molecule has 0 bridgehead atoms. The van der Waals surface area contributed by atoms with Gasteiger partial charge in [-0.25, -0.2) is 4.98 Å². The molecule has 20 heavy (non-hydrogen) atoms. The maximum absolute atomic E-state index is 11.2. The second-order valence-electron chi connectivity index (χ2n) is 4.77. The van der Waals surface area contributed by atoms with Gasteiger partial charge in [0.05, 0.1) is 17.4 Å². The van der Waals surface area contributed by atoms with Crippen LogP contribution in [-0.2, 0) is 15.9 Å². The van der Waals surface area contributed by atoms with Gasteiger partial charge in [-0.2, -0.15) is 0 Å². The molecule has 0 aliphatic rings. The first-order valence-corrected chi connectivity index (χ1v) is 7.58. The molecule has 0 fully saturated rings. The molecule has 1 unspecified atom stereocenters. The van der Waals surface area contributed by atoms with Gasteiger partial charge in [-0.1, -0.05) is 0 Å². The van der Waals surface area contributed by atoms with Gasteiger partial charge in [-0.05, 0) is 37.1 Å². The maximum Gasteiger partial charge on any atom is 0.341 e. The number of hydrogen-bond donors (Lipinski definition) is 3. The fourth-order valence-corrected chi connectivity index (χ4v) is 2.65. The summed E-state index contributed by atoms with van der Waals surface area (Å²) >= 11 is 0. The third-order valence-corrected chi connectivity index (χ3v) is 4.49. The van der Waals surface area contributed by atoms with Crippen molar-refractivity contribution < 1.29 is 24.3 Å². The lowest BCUT2D eigenvalue weighted by Gasteiger charge is -2.15. The molecule has 3 N–H and O–H groups in total. The van der Waals surface area contributed by atoms with E-state index in [2.05, 4.69) is 4.98 Å².